The van der Waals surface area contributed by atoms with Gasteiger partial charge in [0.15, 0.2) is 0 Å². The molecular weight excluding hydrogens is 254 g/mol. The van der Waals surface area contributed by atoms with E-state index in [9.17, 15) is 0 Å². The van der Waals surface area contributed by atoms with Crippen molar-refractivity contribution >= 4 is 42.5 Å². The standard InChI is InChI=1S/C6H3ClN2.Sn/c1-2-5-3-8-4-9-6(5)7;/h1-2,4H;. The monoisotopic (exact) mass is 258 g/mol. The Kier molecular flexibility index (Phi) is 1.66. The fourth-order valence-corrected chi connectivity index (χ4v) is 3.82. The van der Waals surface area contributed by atoms with Crippen LogP contribution < -0.4 is 3.71 Å². The molecular formula is C6H3ClN2Sn. The summed E-state index contributed by atoms with van der Waals surface area (Å²) in [5, 5.41) is 0.597. The molecule has 0 atom stereocenters. The molecule has 2 radical (unpaired) electrons. The molecule has 1 aliphatic rings. The van der Waals surface area contributed by atoms with Crippen LogP contribution in [-0.4, -0.2) is 31.1 Å². The molecule has 1 aliphatic heterocycles. The van der Waals surface area contributed by atoms with E-state index in [-0.39, 0.29) is 0 Å². The molecule has 0 fully saturated rings. The maximum atomic E-state index is 5.79. The predicted molar refractivity (Wildman–Crippen MR) is 41.5 cm³/mol. The van der Waals surface area contributed by atoms with Crippen molar-refractivity contribution in [2.75, 3.05) is 0 Å². The molecule has 2 rings (SSSR count). The van der Waals surface area contributed by atoms with Gasteiger partial charge in [0, 0.05) is 0 Å². The van der Waals surface area contributed by atoms with Crippen LogP contribution in [0.3, 0.4) is 0 Å². The van der Waals surface area contributed by atoms with Crippen LogP contribution in [0.4, 0.5) is 0 Å². The summed E-state index contributed by atoms with van der Waals surface area (Å²) in [6.07, 6.45) is 3.57. The Morgan fingerprint density at radius 2 is 2.30 bits per heavy atom. The van der Waals surface area contributed by atoms with Gasteiger partial charge in [0.25, 0.3) is 0 Å². The Morgan fingerprint density at radius 3 is 3.10 bits per heavy atom. The topological polar surface area (TPSA) is 25.8 Å². The van der Waals surface area contributed by atoms with Crippen molar-refractivity contribution in [1.29, 1.82) is 0 Å². The Hall–Kier alpha value is -0.0913. The van der Waals surface area contributed by atoms with Crippen molar-refractivity contribution in [3.63, 3.8) is 0 Å². The predicted octanol–water partition coefficient (Wildman–Crippen LogP) is 0.444. The molecule has 0 amide bonds. The molecule has 2 nitrogen and oxygen atoms in total. The molecule has 1 aromatic rings. The van der Waals surface area contributed by atoms with Crippen LogP contribution in [0.5, 0.6) is 0 Å². The van der Waals surface area contributed by atoms with Gasteiger partial charge < -0.3 is 0 Å². The zero-order chi connectivity index (χ0) is 6.97. The second-order valence-corrected chi connectivity index (χ2v) is 5.39. The van der Waals surface area contributed by atoms with E-state index < -0.39 is 21.1 Å². The second-order valence-electron chi connectivity index (χ2n) is 1.90. The molecule has 0 saturated carbocycles. The number of fused-ring (bicyclic) bond motifs is 1. The van der Waals surface area contributed by atoms with E-state index in [1.807, 2.05) is 6.08 Å². The zero-order valence-corrected chi connectivity index (χ0v) is 8.61. The van der Waals surface area contributed by atoms with Gasteiger partial charge in [0.05, 0.1) is 0 Å². The van der Waals surface area contributed by atoms with Gasteiger partial charge in [0.2, 0.25) is 0 Å². The van der Waals surface area contributed by atoms with Crippen LogP contribution in [0.2, 0.25) is 5.15 Å². The van der Waals surface area contributed by atoms with E-state index in [2.05, 4.69) is 14.1 Å². The Morgan fingerprint density at radius 1 is 1.40 bits per heavy atom. The van der Waals surface area contributed by atoms with Crippen molar-refractivity contribution in [2.24, 2.45) is 0 Å². The minimum absolute atomic E-state index is 0.500. The third kappa shape index (κ3) is 0.952. The van der Waals surface area contributed by atoms with E-state index in [0.29, 0.717) is 5.15 Å². The van der Waals surface area contributed by atoms with Gasteiger partial charge in [-0.1, -0.05) is 0 Å². The molecule has 48 valence electrons. The molecule has 10 heavy (non-hydrogen) atoms. The number of halogens is 1. The van der Waals surface area contributed by atoms with Crippen LogP contribution in [0.25, 0.3) is 6.08 Å². The number of hydrogen-bond donors (Lipinski definition) is 0. The Bertz CT molecular complexity index is 298. The summed E-state index contributed by atoms with van der Waals surface area (Å²) < 4.78 is 3.40. The SMILES string of the molecule is Clc1ncn[c]2c1C=[CH][Sn]2. The molecule has 0 aromatic carbocycles. The van der Waals surface area contributed by atoms with Gasteiger partial charge in [-0.2, -0.15) is 0 Å². The van der Waals surface area contributed by atoms with Crippen LogP contribution in [0.1, 0.15) is 5.56 Å². The first-order valence-corrected chi connectivity index (χ1v) is 6.27. The molecule has 0 N–H and O–H groups in total. The van der Waals surface area contributed by atoms with Gasteiger partial charge in [-0.3, -0.25) is 0 Å². The third-order valence-corrected chi connectivity index (χ3v) is 4.48. The molecule has 0 bridgehead atoms. The number of nitrogens with zero attached hydrogens (tertiary/aromatic N) is 2. The van der Waals surface area contributed by atoms with Crippen LogP contribution in [0.15, 0.2) is 10.4 Å². The molecule has 0 spiro atoms. The van der Waals surface area contributed by atoms with Gasteiger partial charge >= 0.3 is 73.6 Å². The van der Waals surface area contributed by atoms with Crippen molar-refractivity contribution in [1.82, 2.24) is 9.97 Å². The Balaban J connectivity index is 2.67. The van der Waals surface area contributed by atoms with Gasteiger partial charge in [-0.05, 0) is 0 Å². The van der Waals surface area contributed by atoms with E-state index >= 15 is 0 Å². The minimum atomic E-state index is -0.500. The first kappa shape index (κ1) is 6.61. The molecule has 1 aromatic heterocycles. The quantitative estimate of drug-likeness (QED) is 0.498. The normalized spacial score (nSPS) is 13.7. The van der Waals surface area contributed by atoms with Crippen molar-refractivity contribution < 1.29 is 0 Å². The van der Waals surface area contributed by atoms with Crippen LogP contribution in [0, 0.1) is 0 Å². The van der Waals surface area contributed by atoms with Gasteiger partial charge in [-0.25, -0.2) is 0 Å². The summed E-state index contributed by atoms with van der Waals surface area (Å²) in [6, 6.07) is 0. The van der Waals surface area contributed by atoms with Crippen LogP contribution in [-0.2, 0) is 0 Å². The van der Waals surface area contributed by atoms with Gasteiger partial charge in [0.1, 0.15) is 0 Å². The summed E-state index contributed by atoms with van der Waals surface area (Å²) in [5.41, 5.74) is 1.05. The summed E-state index contributed by atoms with van der Waals surface area (Å²) in [4.78, 5) is 8.02. The van der Waals surface area contributed by atoms with Gasteiger partial charge in [-0.15, -0.1) is 0 Å². The first-order chi connectivity index (χ1) is 4.88. The maximum absolute atomic E-state index is 5.79. The number of aromatic nitrogens is 2. The molecule has 0 unspecified atom stereocenters. The Labute approximate surface area is 73.6 Å². The first-order valence-electron chi connectivity index (χ1n) is 2.81. The van der Waals surface area contributed by atoms with E-state index in [1.54, 1.807) is 0 Å². The molecule has 4 heteroatoms. The third-order valence-electron chi connectivity index (χ3n) is 1.31. The fraction of sp³-hybridized carbons (Fsp3) is 0. The van der Waals surface area contributed by atoms with E-state index in [0.717, 1.165) is 5.56 Å². The average Bonchev–Trinajstić information content (AvgIpc) is 2.36. The molecule has 2 heterocycles. The van der Waals surface area contributed by atoms with Crippen molar-refractivity contribution in [3.05, 3.63) is 21.1 Å². The second kappa shape index (κ2) is 2.51. The van der Waals surface area contributed by atoms with E-state index in [1.165, 1.54) is 10.0 Å². The summed E-state index contributed by atoms with van der Waals surface area (Å²) in [6.45, 7) is 0. The fourth-order valence-electron chi connectivity index (χ4n) is 0.841. The molecule has 0 saturated heterocycles. The summed E-state index contributed by atoms with van der Waals surface area (Å²) in [7, 11) is 0. The van der Waals surface area contributed by atoms with Crippen molar-refractivity contribution in [3.8, 4) is 0 Å². The zero-order valence-electron chi connectivity index (χ0n) is 5.00. The van der Waals surface area contributed by atoms with E-state index in [4.69, 9.17) is 11.6 Å². The van der Waals surface area contributed by atoms with Crippen LogP contribution >= 0.6 is 11.6 Å². The summed E-state index contributed by atoms with van der Waals surface area (Å²) >= 11 is 5.29. The number of hydrogen-bond acceptors (Lipinski definition) is 2. The molecule has 0 aliphatic carbocycles. The van der Waals surface area contributed by atoms with Crippen molar-refractivity contribution in [2.45, 2.75) is 0 Å². The summed E-state index contributed by atoms with van der Waals surface area (Å²) in [5.74, 6) is 0. The number of rotatable bonds is 0. The average molecular weight is 257 g/mol.